The van der Waals surface area contributed by atoms with Gasteiger partial charge in [0, 0.05) is 49.1 Å². The minimum absolute atomic E-state index is 0.459. The standard InChI is InChI=1S/C22H27ClN4O3/c1-30-20-8-6-19(7-9-20)27-14-12-26(13-15-27)11-3-10-24-21(28)22(29)25-18-5-2-4-17(23)16-18/h2,4-9,16H,3,10-15H2,1H3,(H,24,28)(H,25,29). The van der Waals surface area contributed by atoms with Crippen molar-refractivity contribution in [2.45, 2.75) is 6.42 Å². The Balaban J connectivity index is 1.32. The lowest BCUT2D eigenvalue weighted by atomic mass is 10.2. The van der Waals surface area contributed by atoms with Crippen molar-refractivity contribution in [3.8, 4) is 5.75 Å². The number of carbonyl (C=O) groups is 2. The third-order valence-corrected chi connectivity index (χ3v) is 5.27. The predicted octanol–water partition coefficient (Wildman–Crippen LogP) is 2.62. The second kappa shape index (κ2) is 10.8. The van der Waals surface area contributed by atoms with E-state index in [1.54, 1.807) is 31.4 Å². The van der Waals surface area contributed by atoms with Crippen LogP contribution in [0.25, 0.3) is 0 Å². The van der Waals surface area contributed by atoms with Crippen LogP contribution < -0.4 is 20.3 Å². The van der Waals surface area contributed by atoms with Crippen molar-refractivity contribution in [3.05, 3.63) is 53.6 Å². The molecule has 160 valence electrons. The van der Waals surface area contributed by atoms with Gasteiger partial charge < -0.3 is 20.3 Å². The molecule has 30 heavy (non-hydrogen) atoms. The van der Waals surface area contributed by atoms with Gasteiger partial charge in [-0.15, -0.1) is 0 Å². The van der Waals surface area contributed by atoms with Crippen LogP contribution in [0.2, 0.25) is 5.02 Å². The number of methoxy groups -OCH3 is 1. The average Bonchev–Trinajstić information content (AvgIpc) is 2.77. The highest BCUT2D eigenvalue weighted by Crippen LogP contribution is 2.20. The van der Waals surface area contributed by atoms with Crippen LogP contribution in [0.15, 0.2) is 48.5 Å². The van der Waals surface area contributed by atoms with Crippen LogP contribution in [0, 0.1) is 0 Å². The smallest absolute Gasteiger partial charge is 0.313 e. The van der Waals surface area contributed by atoms with E-state index in [4.69, 9.17) is 16.3 Å². The largest absolute Gasteiger partial charge is 0.497 e. The molecule has 0 saturated carbocycles. The normalized spacial score (nSPS) is 14.3. The molecular weight excluding hydrogens is 404 g/mol. The van der Waals surface area contributed by atoms with Gasteiger partial charge in [0.25, 0.3) is 0 Å². The van der Waals surface area contributed by atoms with Crippen LogP contribution in [-0.4, -0.2) is 63.1 Å². The van der Waals surface area contributed by atoms with Gasteiger partial charge in [-0.2, -0.15) is 0 Å². The maximum Gasteiger partial charge on any atom is 0.313 e. The molecule has 1 aliphatic heterocycles. The molecule has 0 aliphatic carbocycles. The second-order valence-corrected chi connectivity index (χ2v) is 7.54. The molecule has 1 saturated heterocycles. The van der Waals surface area contributed by atoms with Crippen molar-refractivity contribution >= 4 is 34.8 Å². The van der Waals surface area contributed by atoms with Crippen molar-refractivity contribution < 1.29 is 14.3 Å². The molecule has 8 heteroatoms. The summed E-state index contributed by atoms with van der Waals surface area (Å²) >= 11 is 5.88. The van der Waals surface area contributed by atoms with E-state index in [-0.39, 0.29) is 0 Å². The molecule has 0 unspecified atom stereocenters. The first-order valence-corrected chi connectivity index (χ1v) is 10.4. The molecule has 0 aromatic heterocycles. The zero-order chi connectivity index (χ0) is 21.3. The Morgan fingerprint density at radius 1 is 1.03 bits per heavy atom. The molecule has 2 N–H and O–H groups in total. The fraction of sp³-hybridized carbons (Fsp3) is 0.364. The minimum Gasteiger partial charge on any atom is -0.497 e. The molecule has 7 nitrogen and oxygen atoms in total. The van der Waals surface area contributed by atoms with Crippen molar-refractivity contribution in [1.82, 2.24) is 10.2 Å². The highest BCUT2D eigenvalue weighted by atomic mass is 35.5. The van der Waals surface area contributed by atoms with E-state index >= 15 is 0 Å². The molecule has 1 heterocycles. The summed E-state index contributed by atoms with van der Waals surface area (Å²) in [7, 11) is 1.67. The second-order valence-electron chi connectivity index (χ2n) is 7.10. The summed E-state index contributed by atoms with van der Waals surface area (Å²) in [6, 6.07) is 14.8. The summed E-state index contributed by atoms with van der Waals surface area (Å²) in [5.74, 6) is -0.467. The fourth-order valence-corrected chi connectivity index (χ4v) is 3.55. The Morgan fingerprint density at radius 2 is 1.77 bits per heavy atom. The number of piperazine rings is 1. The molecule has 0 bridgehead atoms. The molecule has 0 radical (unpaired) electrons. The molecule has 0 spiro atoms. The number of nitrogens with one attached hydrogen (secondary N) is 2. The molecular formula is C22H27ClN4O3. The van der Waals surface area contributed by atoms with Gasteiger partial charge in [-0.25, -0.2) is 0 Å². The summed E-state index contributed by atoms with van der Waals surface area (Å²) < 4.78 is 5.21. The number of rotatable bonds is 7. The number of hydrogen-bond acceptors (Lipinski definition) is 5. The fourth-order valence-electron chi connectivity index (χ4n) is 3.36. The van der Waals surface area contributed by atoms with Crippen molar-refractivity contribution in [1.29, 1.82) is 0 Å². The lowest BCUT2D eigenvalue weighted by Crippen LogP contribution is -2.47. The van der Waals surface area contributed by atoms with E-state index in [0.717, 1.165) is 44.9 Å². The first-order valence-electron chi connectivity index (χ1n) is 10.0. The maximum atomic E-state index is 11.9. The molecule has 1 aliphatic rings. The Bertz CT molecular complexity index is 852. The minimum atomic E-state index is -0.689. The van der Waals surface area contributed by atoms with Crippen molar-refractivity contribution in [3.63, 3.8) is 0 Å². The third kappa shape index (κ3) is 6.37. The molecule has 3 rings (SSSR count). The lowest BCUT2D eigenvalue weighted by molar-refractivity contribution is -0.136. The topological polar surface area (TPSA) is 73.9 Å². The number of hydrogen-bond donors (Lipinski definition) is 2. The molecule has 2 aromatic carbocycles. The van der Waals surface area contributed by atoms with E-state index in [0.29, 0.717) is 17.3 Å². The van der Waals surface area contributed by atoms with Gasteiger partial charge >= 0.3 is 11.8 Å². The van der Waals surface area contributed by atoms with Gasteiger partial charge in [0.05, 0.1) is 7.11 Å². The quantitative estimate of drug-likeness (QED) is 0.521. The molecule has 1 fully saturated rings. The monoisotopic (exact) mass is 430 g/mol. The molecule has 2 aromatic rings. The van der Waals surface area contributed by atoms with Gasteiger partial charge in [0.1, 0.15) is 5.75 Å². The Kier molecular flexibility index (Phi) is 7.93. The van der Waals surface area contributed by atoms with Crippen LogP contribution in [-0.2, 0) is 9.59 Å². The zero-order valence-electron chi connectivity index (χ0n) is 17.1. The Morgan fingerprint density at radius 3 is 2.43 bits per heavy atom. The van der Waals surface area contributed by atoms with Crippen LogP contribution in [0.4, 0.5) is 11.4 Å². The highest BCUT2D eigenvalue weighted by Gasteiger charge is 2.17. The van der Waals surface area contributed by atoms with Gasteiger partial charge in [0.2, 0.25) is 0 Å². The number of anilines is 2. The average molecular weight is 431 g/mol. The third-order valence-electron chi connectivity index (χ3n) is 5.04. The van der Waals surface area contributed by atoms with Gasteiger partial charge in [0.15, 0.2) is 0 Å². The highest BCUT2D eigenvalue weighted by molar-refractivity contribution is 6.39. The van der Waals surface area contributed by atoms with Crippen LogP contribution in [0.5, 0.6) is 5.75 Å². The first-order chi connectivity index (χ1) is 14.5. The number of halogens is 1. The Hall–Kier alpha value is -2.77. The van der Waals surface area contributed by atoms with Crippen molar-refractivity contribution in [2.24, 2.45) is 0 Å². The molecule has 2 amide bonds. The summed E-state index contributed by atoms with van der Waals surface area (Å²) in [6.07, 6.45) is 0.790. The van der Waals surface area contributed by atoms with E-state index in [1.807, 2.05) is 12.1 Å². The number of nitrogens with zero attached hydrogens (tertiary/aromatic N) is 2. The lowest BCUT2D eigenvalue weighted by Gasteiger charge is -2.36. The number of carbonyl (C=O) groups excluding carboxylic acids is 2. The number of ether oxygens (including phenoxy) is 1. The van der Waals surface area contributed by atoms with Crippen molar-refractivity contribution in [2.75, 3.05) is 56.6 Å². The van der Waals surface area contributed by atoms with E-state index in [2.05, 4.69) is 32.6 Å². The summed E-state index contributed by atoms with van der Waals surface area (Å²) in [6.45, 7) is 5.19. The zero-order valence-corrected chi connectivity index (χ0v) is 17.8. The van der Waals surface area contributed by atoms with Crippen LogP contribution in [0.1, 0.15) is 6.42 Å². The van der Waals surface area contributed by atoms with Gasteiger partial charge in [-0.1, -0.05) is 17.7 Å². The summed E-state index contributed by atoms with van der Waals surface area (Å²) in [5, 5.41) is 5.71. The van der Waals surface area contributed by atoms with Gasteiger partial charge in [-0.3, -0.25) is 14.5 Å². The maximum absolute atomic E-state index is 11.9. The van der Waals surface area contributed by atoms with E-state index < -0.39 is 11.8 Å². The molecule has 0 atom stereocenters. The van der Waals surface area contributed by atoms with Crippen LogP contribution in [0.3, 0.4) is 0 Å². The van der Waals surface area contributed by atoms with Crippen LogP contribution >= 0.6 is 11.6 Å². The van der Waals surface area contributed by atoms with E-state index in [1.165, 1.54) is 5.69 Å². The van der Waals surface area contributed by atoms with Gasteiger partial charge in [-0.05, 0) is 55.4 Å². The summed E-state index contributed by atoms with van der Waals surface area (Å²) in [5.41, 5.74) is 1.70. The SMILES string of the molecule is COc1ccc(N2CCN(CCCNC(=O)C(=O)Nc3cccc(Cl)c3)CC2)cc1. The van der Waals surface area contributed by atoms with E-state index in [9.17, 15) is 9.59 Å². The number of benzene rings is 2. The number of amides is 2. The first kappa shape index (κ1) is 21.9. The summed E-state index contributed by atoms with van der Waals surface area (Å²) in [4.78, 5) is 28.6. The Labute approximate surface area is 181 Å². The predicted molar refractivity (Wildman–Crippen MR) is 119 cm³/mol.